The van der Waals surface area contributed by atoms with Crippen molar-refractivity contribution in [3.05, 3.63) is 29.0 Å². The SMILES string of the molecule is COC1=C(c2c(O)ccc(O)c2C(C)=O)C(=O)CCC1. The lowest BCUT2D eigenvalue weighted by molar-refractivity contribution is -0.114. The summed E-state index contributed by atoms with van der Waals surface area (Å²) >= 11 is 0. The van der Waals surface area contributed by atoms with Gasteiger partial charge in [0, 0.05) is 18.4 Å². The predicted octanol–water partition coefficient (Wildman–Crippen LogP) is 2.41. The highest BCUT2D eigenvalue weighted by molar-refractivity contribution is 6.25. The fraction of sp³-hybridized carbons (Fsp3) is 0.333. The molecule has 5 nitrogen and oxygen atoms in total. The molecule has 0 heterocycles. The second-order valence-electron chi connectivity index (χ2n) is 4.69. The summed E-state index contributed by atoms with van der Waals surface area (Å²) in [5.41, 5.74) is 0.209. The molecule has 106 valence electrons. The van der Waals surface area contributed by atoms with Crippen LogP contribution in [0.15, 0.2) is 17.9 Å². The van der Waals surface area contributed by atoms with E-state index in [-0.39, 0.29) is 34.0 Å². The molecule has 1 aliphatic rings. The average Bonchev–Trinajstić information content (AvgIpc) is 2.40. The summed E-state index contributed by atoms with van der Waals surface area (Å²) in [5.74, 6) is -0.657. The Balaban J connectivity index is 2.80. The standard InChI is InChI=1S/C15H16O5/c1-8(16)13-10(18)6-7-11(19)15(13)14-9(17)4-3-5-12(14)20-2/h6-7,18-19H,3-5H2,1-2H3. The maximum Gasteiger partial charge on any atom is 0.167 e. The number of allylic oxidation sites excluding steroid dienone is 2. The number of carbonyl (C=O) groups excluding carboxylic acids is 2. The van der Waals surface area contributed by atoms with Crippen LogP contribution < -0.4 is 0 Å². The molecule has 0 saturated heterocycles. The van der Waals surface area contributed by atoms with Gasteiger partial charge in [0.15, 0.2) is 11.6 Å². The molecule has 1 aliphatic carbocycles. The number of methoxy groups -OCH3 is 1. The van der Waals surface area contributed by atoms with Gasteiger partial charge >= 0.3 is 0 Å². The first-order valence-corrected chi connectivity index (χ1v) is 6.34. The third-order valence-corrected chi connectivity index (χ3v) is 3.38. The number of rotatable bonds is 3. The molecule has 0 bridgehead atoms. The summed E-state index contributed by atoms with van der Waals surface area (Å²) in [4.78, 5) is 23.9. The Bertz CT molecular complexity index is 613. The van der Waals surface area contributed by atoms with Gasteiger partial charge in [-0.25, -0.2) is 0 Å². The topological polar surface area (TPSA) is 83.8 Å². The molecule has 2 N–H and O–H groups in total. The fourth-order valence-electron chi connectivity index (χ4n) is 2.49. The predicted molar refractivity (Wildman–Crippen MR) is 72.6 cm³/mol. The second-order valence-corrected chi connectivity index (χ2v) is 4.69. The smallest absolute Gasteiger partial charge is 0.167 e. The van der Waals surface area contributed by atoms with Crippen LogP contribution in [0.5, 0.6) is 11.5 Å². The maximum atomic E-state index is 12.2. The molecule has 0 fully saturated rings. The van der Waals surface area contributed by atoms with Gasteiger partial charge in [0.2, 0.25) is 0 Å². The molecule has 20 heavy (non-hydrogen) atoms. The highest BCUT2D eigenvalue weighted by Gasteiger charge is 2.29. The molecule has 0 radical (unpaired) electrons. The lowest BCUT2D eigenvalue weighted by atomic mass is 9.86. The molecule has 2 rings (SSSR count). The van der Waals surface area contributed by atoms with Crippen LogP contribution in [-0.4, -0.2) is 28.9 Å². The number of hydrogen-bond donors (Lipinski definition) is 2. The largest absolute Gasteiger partial charge is 0.507 e. The van der Waals surface area contributed by atoms with E-state index in [1.807, 2.05) is 0 Å². The van der Waals surface area contributed by atoms with Gasteiger partial charge in [0.25, 0.3) is 0 Å². The average molecular weight is 276 g/mol. The van der Waals surface area contributed by atoms with E-state index in [1.54, 1.807) is 0 Å². The maximum absolute atomic E-state index is 12.2. The molecule has 0 unspecified atom stereocenters. The minimum Gasteiger partial charge on any atom is -0.507 e. The first-order valence-electron chi connectivity index (χ1n) is 6.34. The van der Waals surface area contributed by atoms with Gasteiger partial charge in [-0.05, 0) is 25.5 Å². The first-order chi connectivity index (χ1) is 9.47. The third-order valence-electron chi connectivity index (χ3n) is 3.38. The van der Waals surface area contributed by atoms with E-state index in [4.69, 9.17) is 4.74 Å². The molecule has 5 heteroatoms. The number of ketones is 2. The number of phenols is 2. The van der Waals surface area contributed by atoms with Crippen LogP contribution >= 0.6 is 0 Å². The van der Waals surface area contributed by atoms with Crippen LogP contribution in [0.3, 0.4) is 0 Å². The second kappa shape index (κ2) is 5.36. The molecule has 1 aromatic carbocycles. The molecule has 0 aliphatic heterocycles. The summed E-state index contributed by atoms with van der Waals surface area (Å²) in [6.45, 7) is 1.28. The van der Waals surface area contributed by atoms with Gasteiger partial charge in [-0.1, -0.05) is 0 Å². The molecule has 0 saturated carbocycles. The zero-order valence-electron chi connectivity index (χ0n) is 11.4. The Hall–Kier alpha value is -2.30. The van der Waals surface area contributed by atoms with Gasteiger partial charge in [0.05, 0.1) is 18.2 Å². The highest BCUT2D eigenvalue weighted by atomic mass is 16.5. The van der Waals surface area contributed by atoms with Crippen LogP contribution in [0.4, 0.5) is 0 Å². The zero-order valence-corrected chi connectivity index (χ0v) is 11.4. The lowest BCUT2D eigenvalue weighted by Gasteiger charge is -2.21. The monoisotopic (exact) mass is 276 g/mol. The van der Waals surface area contributed by atoms with Gasteiger partial charge in [-0.2, -0.15) is 0 Å². The number of Topliss-reactive ketones (excluding diaryl/α,β-unsaturated/α-hetero) is 2. The van der Waals surface area contributed by atoms with Crippen LogP contribution in [0.1, 0.15) is 42.1 Å². The highest BCUT2D eigenvalue weighted by Crippen LogP contribution is 2.40. The molecule has 0 spiro atoms. The van der Waals surface area contributed by atoms with Crippen molar-refractivity contribution in [3.8, 4) is 11.5 Å². The minimum atomic E-state index is -0.422. The van der Waals surface area contributed by atoms with Gasteiger partial charge in [0.1, 0.15) is 17.3 Å². The van der Waals surface area contributed by atoms with Crippen molar-refractivity contribution in [2.45, 2.75) is 26.2 Å². The normalized spacial score (nSPS) is 15.4. The number of hydrogen-bond acceptors (Lipinski definition) is 5. The number of aromatic hydroxyl groups is 2. The van der Waals surface area contributed by atoms with Crippen molar-refractivity contribution in [3.63, 3.8) is 0 Å². The summed E-state index contributed by atoms with van der Waals surface area (Å²) in [7, 11) is 1.45. The van der Waals surface area contributed by atoms with Crippen molar-refractivity contribution in [1.29, 1.82) is 0 Å². The van der Waals surface area contributed by atoms with Crippen molar-refractivity contribution in [2.75, 3.05) is 7.11 Å². The van der Waals surface area contributed by atoms with Crippen molar-refractivity contribution in [2.24, 2.45) is 0 Å². The lowest BCUT2D eigenvalue weighted by Crippen LogP contribution is -2.14. The Morgan fingerprint density at radius 1 is 1.20 bits per heavy atom. The van der Waals surface area contributed by atoms with Crippen molar-refractivity contribution >= 4 is 17.1 Å². The number of carbonyl (C=O) groups is 2. The summed E-state index contributed by atoms with van der Waals surface area (Å²) in [6.07, 6.45) is 1.55. The molecule has 0 aromatic heterocycles. The van der Waals surface area contributed by atoms with Crippen LogP contribution in [0.25, 0.3) is 5.57 Å². The Kier molecular flexibility index (Phi) is 3.79. The summed E-state index contributed by atoms with van der Waals surface area (Å²) < 4.78 is 5.21. The zero-order chi connectivity index (χ0) is 14.9. The quantitative estimate of drug-likeness (QED) is 0.654. The summed E-state index contributed by atoms with van der Waals surface area (Å²) in [5, 5.41) is 19.9. The minimum absolute atomic E-state index is 0.0511. The Labute approximate surface area is 116 Å². The van der Waals surface area contributed by atoms with E-state index in [9.17, 15) is 19.8 Å². The van der Waals surface area contributed by atoms with E-state index in [1.165, 1.54) is 26.2 Å². The van der Waals surface area contributed by atoms with Gasteiger partial charge < -0.3 is 14.9 Å². The Morgan fingerprint density at radius 3 is 2.45 bits per heavy atom. The van der Waals surface area contributed by atoms with E-state index in [0.717, 1.165) is 0 Å². The van der Waals surface area contributed by atoms with Crippen molar-refractivity contribution < 1.29 is 24.5 Å². The van der Waals surface area contributed by atoms with Gasteiger partial charge in [-0.15, -0.1) is 0 Å². The number of ether oxygens (including phenoxy) is 1. The number of phenolic OH excluding ortho intramolecular Hbond substituents is 2. The molecule has 1 aromatic rings. The van der Waals surface area contributed by atoms with Crippen LogP contribution in [0, 0.1) is 0 Å². The van der Waals surface area contributed by atoms with E-state index >= 15 is 0 Å². The van der Waals surface area contributed by atoms with E-state index in [0.29, 0.717) is 25.0 Å². The molecular formula is C15H16O5. The Morgan fingerprint density at radius 2 is 1.85 bits per heavy atom. The molecule has 0 amide bonds. The summed E-state index contributed by atoms with van der Waals surface area (Å²) in [6, 6.07) is 2.50. The van der Waals surface area contributed by atoms with Crippen LogP contribution in [-0.2, 0) is 9.53 Å². The van der Waals surface area contributed by atoms with E-state index < -0.39 is 5.78 Å². The van der Waals surface area contributed by atoms with Crippen molar-refractivity contribution in [1.82, 2.24) is 0 Å². The first kappa shape index (κ1) is 14.1. The van der Waals surface area contributed by atoms with E-state index in [2.05, 4.69) is 0 Å². The fourth-order valence-corrected chi connectivity index (χ4v) is 2.49. The van der Waals surface area contributed by atoms with Gasteiger partial charge in [-0.3, -0.25) is 9.59 Å². The number of benzene rings is 1. The van der Waals surface area contributed by atoms with Crippen LogP contribution in [0.2, 0.25) is 0 Å². The molecular weight excluding hydrogens is 260 g/mol. The molecule has 0 atom stereocenters. The third kappa shape index (κ3) is 2.27.